The first-order chi connectivity index (χ1) is 9.88. The second kappa shape index (κ2) is 6.51. The fourth-order valence-electron chi connectivity index (χ4n) is 3.30. The molecule has 2 unspecified atom stereocenters. The monoisotopic (exact) mass is 286 g/mol. The zero-order chi connectivity index (χ0) is 13.8. The Morgan fingerprint density at radius 2 is 2.35 bits per heavy atom. The van der Waals surface area contributed by atoms with E-state index in [4.69, 9.17) is 0 Å². The summed E-state index contributed by atoms with van der Waals surface area (Å²) >= 11 is 1.93. The van der Waals surface area contributed by atoms with Crippen molar-refractivity contribution < 1.29 is 0 Å². The highest BCUT2D eigenvalue weighted by atomic mass is 32.1. The average molecular weight is 286 g/mol. The maximum Gasteiger partial charge on any atom is 0.0419 e. The van der Waals surface area contributed by atoms with Crippen molar-refractivity contribution in [3.05, 3.63) is 52.0 Å². The fraction of sp³-hybridized carbons (Fsp3) is 0.471. The molecule has 0 aromatic carbocycles. The fourth-order valence-corrected chi connectivity index (χ4v) is 4.30. The van der Waals surface area contributed by atoms with E-state index in [1.165, 1.54) is 25.0 Å². The third kappa shape index (κ3) is 2.94. The van der Waals surface area contributed by atoms with Crippen LogP contribution in [0.2, 0.25) is 0 Å². The molecule has 0 saturated heterocycles. The van der Waals surface area contributed by atoms with E-state index in [-0.39, 0.29) is 0 Å². The number of likely N-dealkylation sites (N-methyl/N-ethyl adjacent to an activating group) is 1. The number of aromatic nitrogens is 1. The molecule has 106 valence electrons. The molecule has 0 spiro atoms. The van der Waals surface area contributed by atoms with Gasteiger partial charge >= 0.3 is 0 Å². The van der Waals surface area contributed by atoms with Crippen LogP contribution in [0.3, 0.4) is 0 Å². The topological polar surface area (TPSA) is 24.9 Å². The predicted octanol–water partition coefficient (Wildman–Crippen LogP) is 3.78. The molecule has 1 N–H and O–H groups in total. The molecule has 2 aromatic heterocycles. The molecule has 3 rings (SSSR count). The van der Waals surface area contributed by atoms with Gasteiger partial charge in [0.2, 0.25) is 0 Å². The molecule has 2 heterocycles. The lowest BCUT2D eigenvalue weighted by atomic mass is 9.81. The number of nitrogens with zero attached hydrogens (tertiary/aromatic N) is 1. The van der Waals surface area contributed by atoms with E-state index in [2.05, 4.69) is 40.8 Å². The van der Waals surface area contributed by atoms with Crippen LogP contribution in [0.5, 0.6) is 0 Å². The zero-order valence-electron chi connectivity index (χ0n) is 12.0. The Morgan fingerprint density at radius 1 is 1.40 bits per heavy atom. The number of nitrogens with one attached hydrogen (secondary N) is 1. The number of fused-ring (bicyclic) bond motifs is 1. The summed E-state index contributed by atoms with van der Waals surface area (Å²) in [5, 5.41) is 5.95. The summed E-state index contributed by atoms with van der Waals surface area (Å²) in [5.74, 6) is 0.645. The molecule has 2 atom stereocenters. The lowest BCUT2D eigenvalue weighted by molar-refractivity contribution is 0.396. The Hall–Kier alpha value is -1.19. The van der Waals surface area contributed by atoms with Crippen molar-refractivity contribution in [2.75, 3.05) is 6.54 Å². The van der Waals surface area contributed by atoms with Gasteiger partial charge in [-0.05, 0) is 54.9 Å². The van der Waals surface area contributed by atoms with Gasteiger partial charge in [0.15, 0.2) is 0 Å². The summed E-state index contributed by atoms with van der Waals surface area (Å²) in [6.45, 7) is 3.22. The van der Waals surface area contributed by atoms with E-state index in [9.17, 15) is 0 Å². The number of thiophene rings is 1. The molecule has 0 radical (unpaired) electrons. The van der Waals surface area contributed by atoms with Gasteiger partial charge in [-0.3, -0.25) is 4.98 Å². The van der Waals surface area contributed by atoms with Gasteiger partial charge in [0.05, 0.1) is 0 Å². The van der Waals surface area contributed by atoms with E-state index in [0.717, 1.165) is 13.0 Å². The van der Waals surface area contributed by atoms with Crippen LogP contribution in [0.25, 0.3) is 0 Å². The summed E-state index contributed by atoms with van der Waals surface area (Å²) in [6, 6.07) is 9.06. The third-order valence-corrected chi connectivity index (χ3v) is 5.20. The van der Waals surface area contributed by atoms with Crippen LogP contribution in [0.1, 0.15) is 41.8 Å². The summed E-state index contributed by atoms with van der Waals surface area (Å²) in [5.41, 5.74) is 2.78. The first kappa shape index (κ1) is 13.8. The van der Waals surface area contributed by atoms with Crippen LogP contribution in [0.15, 0.2) is 35.8 Å². The normalized spacial score (nSPS) is 19.6. The Labute approximate surface area is 125 Å². The van der Waals surface area contributed by atoms with Crippen LogP contribution in [0.4, 0.5) is 0 Å². The maximum absolute atomic E-state index is 4.50. The van der Waals surface area contributed by atoms with Crippen molar-refractivity contribution in [2.45, 2.75) is 44.6 Å². The summed E-state index contributed by atoms with van der Waals surface area (Å²) in [7, 11) is 0. The second-order valence-corrected chi connectivity index (χ2v) is 6.49. The largest absolute Gasteiger partial charge is 0.313 e. The SMILES string of the molecule is CCNC(Cc1ccccn1)C1CCCc2sccc21. The minimum Gasteiger partial charge on any atom is -0.313 e. The summed E-state index contributed by atoms with van der Waals surface area (Å²) in [4.78, 5) is 6.10. The average Bonchev–Trinajstić information content (AvgIpc) is 2.96. The minimum atomic E-state index is 0.503. The second-order valence-electron chi connectivity index (χ2n) is 5.49. The van der Waals surface area contributed by atoms with E-state index >= 15 is 0 Å². The predicted molar refractivity (Wildman–Crippen MR) is 85.4 cm³/mol. The van der Waals surface area contributed by atoms with Crippen LogP contribution in [-0.2, 0) is 12.8 Å². The van der Waals surface area contributed by atoms with Gasteiger partial charge in [0, 0.05) is 35.1 Å². The van der Waals surface area contributed by atoms with Gasteiger partial charge in [0.1, 0.15) is 0 Å². The summed E-state index contributed by atoms with van der Waals surface area (Å²) in [6.07, 6.45) is 6.81. The zero-order valence-corrected chi connectivity index (χ0v) is 12.8. The standard InChI is InChI=1S/C17H22N2S/c1-2-18-16(12-13-6-3-4-10-19-13)14-7-5-8-17-15(14)9-11-20-17/h3-4,6,9-11,14,16,18H,2,5,7-8,12H2,1H3. The third-order valence-electron chi connectivity index (χ3n) is 4.21. The molecule has 1 aliphatic rings. The molecular weight excluding hydrogens is 264 g/mol. The Morgan fingerprint density at radius 3 is 3.15 bits per heavy atom. The minimum absolute atomic E-state index is 0.503. The maximum atomic E-state index is 4.50. The van der Waals surface area contributed by atoms with E-state index in [0.29, 0.717) is 12.0 Å². The highest BCUT2D eigenvalue weighted by molar-refractivity contribution is 7.10. The van der Waals surface area contributed by atoms with E-state index in [1.54, 1.807) is 10.4 Å². The Balaban J connectivity index is 1.81. The van der Waals surface area contributed by atoms with Gasteiger partial charge in [-0.25, -0.2) is 0 Å². The highest BCUT2D eigenvalue weighted by Gasteiger charge is 2.28. The van der Waals surface area contributed by atoms with Crippen molar-refractivity contribution in [1.29, 1.82) is 0 Å². The quantitative estimate of drug-likeness (QED) is 0.904. The molecule has 0 aliphatic heterocycles. The van der Waals surface area contributed by atoms with Crippen LogP contribution in [-0.4, -0.2) is 17.6 Å². The van der Waals surface area contributed by atoms with Crippen molar-refractivity contribution in [3.63, 3.8) is 0 Å². The van der Waals surface area contributed by atoms with Crippen LogP contribution in [0, 0.1) is 0 Å². The first-order valence-corrected chi connectivity index (χ1v) is 8.46. The Kier molecular flexibility index (Phi) is 4.48. The van der Waals surface area contributed by atoms with Crippen molar-refractivity contribution in [3.8, 4) is 0 Å². The molecule has 2 nitrogen and oxygen atoms in total. The first-order valence-electron chi connectivity index (χ1n) is 7.58. The van der Waals surface area contributed by atoms with E-state index in [1.807, 2.05) is 23.6 Å². The van der Waals surface area contributed by atoms with Crippen LogP contribution >= 0.6 is 11.3 Å². The van der Waals surface area contributed by atoms with Gasteiger partial charge in [-0.15, -0.1) is 11.3 Å². The van der Waals surface area contributed by atoms with Crippen LogP contribution < -0.4 is 5.32 Å². The van der Waals surface area contributed by atoms with Gasteiger partial charge in [-0.1, -0.05) is 13.0 Å². The number of hydrogen-bond donors (Lipinski definition) is 1. The number of rotatable bonds is 5. The summed E-state index contributed by atoms with van der Waals surface area (Å²) < 4.78 is 0. The van der Waals surface area contributed by atoms with Crippen molar-refractivity contribution in [1.82, 2.24) is 10.3 Å². The van der Waals surface area contributed by atoms with Gasteiger partial charge < -0.3 is 5.32 Å². The molecular formula is C17H22N2S. The number of hydrogen-bond acceptors (Lipinski definition) is 3. The van der Waals surface area contributed by atoms with E-state index < -0.39 is 0 Å². The van der Waals surface area contributed by atoms with Gasteiger partial charge in [0.25, 0.3) is 0 Å². The lowest BCUT2D eigenvalue weighted by Gasteiger charge is -2.31. The van der Waals surface area contributed by atoms with Crippen molar-refractivity contribution >= 4 is 11.3 Å². The lowest BCUT2D eigenvalue weighted by Crippen LogP contribution is -2.38. The van der Waals surface area contributed by atoms with Gasteiger partial charge in [-0.2, -0.15) is 0 Å². The molecule has 1 aliphatic carbocycles. The molecule has 20 heavy (non-hydrogen) atoms. The molecule has 0 amide bonds. The highest BCUT2D eigenvalue weighted by Crippen LogP contribution is 2.37. The number of pyridine rings is 1. The smallest absolute Gasteiger partial charge is 0.0419 e. The molecule has 3 heteroatoms. The molecule has 0 saturated carbocycles. The Bertz CT molecular complexity index is 535. The molecule has 0 fully saturated rings. The molecule has 2 aromatic rings. The van der Waals surface area contributed by atoms with Crippen molar-refractivity contribution in [2.24, 2.45) is 0 Å². The number of aryl methyl sites for hydroxylation is 1. The molecule has 0 bridgehead atoms.